The Morgan fingerprint density at radius 3 is 2.61 bits per heavy atom. The van der Waals surface area contributed by atoms with Crippen LogP contribution in [0.25, 0.3) is 0 Å². The Balaban J connectivity index is 2.10. The molecule has 1 unspecified atom stereocenters. The Morgan fingerprint density at radius 2 is 2.11 bits per heavy atom. The molecule has 0 aliphatic heterocycles. The molecule has 0 spiro atoms. The molecule has 0 bridgehead atoms. The molecule has 0 aliphatic rings. The smallest absolute Gasteiger partial charge is 0.269 e. The summed E-state index contributed by atoms with van der Waals surface area (Å²) in [6.07, 6.45) is 3.61. The number of nitro benzene ring substituents is 1. The molecule has 0 saturated carbocycles. The average Bonchev–Trinajstić information content (AvgIpc) is 2.78. The van der Waals surface area contributed by atoms with Gasteiger partial charge in [-0.1, -0.05) is 12.1 Å². The maximum absolute atomic E-state index is 10.5. The number of hydrogen-bond acceptors (Lipinski definition) is 4. The molecule has 0 aliphatic carbocycles. The zero-order valence-corrected chi connectivity index (χ0v) is 9.98. The number of nitrogens with zero attached hydrogens (tertiary/aromatic N) is 3. The van der Waals surface area contributed by atoms with Crippen LogP contribution in [0, 0.1) is 10.1 Å². The molecule has 1 atom stereocenters. The van der Waals surface area contributed by atoms with Gasteiger partial charge in [-0.2, -0.15) is 5.10 Å². The normalized spacial score (nSPS) is 12.3. The van der Waals surface area contributed by atoms with Crippen molar-refractivity contribution in [3.8, 4) is 0 Å². The number of rotatable bonds is 4. The van der Waals surface area contributed by atoms with Gasteiger partial charge in [0, 0.05) is 29.9 Å². The molecule has 6 nitrogen and oxygen atoms in total. The van der Waals surface area contributed by atoms with Crippen LogP contribution in [0.1, 0.15) is 24.1 Å². The lowest BCUT2D eigenvalue weighted by Gasteiger charge is -2.02. The highest BCUT2D eigenvalue weighted by molar-refractivity contribution is 5.32. The van der Waals surface area contributed by atoms with E-state index in [1.54, 1.807) is 23.0 Å². The summed E-state index contributed by atoms with van der Waals surface area (Å²) in [5.41, 5.74) is 7.77. The van der Waals surface area contributed by atoms with Crippen LogP contribution in [0.5, 0.6) is 0 Å². The molecule has 2 aromatic rings. The van der Waals surface area contributed by atoms with E-state index in [0.29, 0.717) is 6.54 Å². The van der Waals surface area contributed by atoms with Gasteiger partial charge >= 0.3 is 0 Å². The lowest BCUT2D eigenvalue weighted by atomic mass is 10.2. The summed E-state index contributed by atoms with van der Waals surface area (Å²) in [6, 6.07) is 6.39. The molecule has 1 aromatic carbocycles. The molecule has 0 amide bonds. The van der Waals surface area contributed by atoms with E-state index in [-0.39, 0.29) is 11.7 Å². The van der Waals surface area contributed by atoms with Crippen molar-refractivity contribution in [1.29, 1.82) is 0 Å². The first-order valence-corrected chi connectivity index (χ1v) is 5.57. The molecular weight excluding hydrogens is 232 g/mol. The van der Waals surface area contributed by atoms with Gasteiger partial charge < -0.3 is 5.73 Å². The van der Waals surface area contributed by atoms with Crippen LogP contribution in [0.4, 0.5) is 5.69 Å². The number of nitro groups is 1. The fourth-order valence-electron chi connectivity index (χ4n) is 1.61. The van der Waals surface area contributed by atoms with E-state index in [4.69, 9.17) is 5.73 Å². The second kappa shape index (κ2) is 4.97. The van der Waals surface area contributed by atoms with E-state index in [0.717, 1.165) is 11.1 Å². The van der Waals surface area contributed by atoms with Crippen molar-refractivity contribution in [2.45, 2.75) is 19.5 Å². The Morgan fingerprint density at radius 1 is 1.44 bits per heavy atom. The standard InChI is InChI=1S/C12H14N4O2/c1-9(13)11-6-14-15(8-11)7-10-2-4-12(5-3-10)16(17)18/h2-6,8-9H,7,13H2,1H3. The van der Waals surface area contributed by atoms with Gasteiger partial charge in [-0.15, -0.1) is 0 Å². The van der Waals surface area contributed by atoms with E-state index in [1.165, 1.54) is 12.1 Å². The van der Waals surface area contributed by atoms with Crippen LogP contribution in [0.3, 0.4) is 0 Å². The van der Waals surface area contributed by atoms with Gasteiger partial charge in [0.1, 0.15) is 0 Å². The van der Waals surface area contributed by atoms with Crippen LogP contribution in [-0.4, -0.2) is 14.7 Å². The van der Waals surface area contributed by atoms with Crippen molar-refractivity contribution < 1.29 is 4.92 Å². The van der Waals surface area contributed by atoms with Gasteiger partial charge in [-0.25, -0.2) is 0 Å². The molecule has 6 heteroatoms. The van der Waals surface area contributed by atoms with Gasteiger partial charge in [-0.3, -0.25) is 14.8 Å². The highest BCUT2D eigenvalue weighted by Crippen LogP contribution is 2.13. The summed E-state index contributed by atoms with van der Waals surface area (Å²) in [5.74, 6) is 0. The summed E-state index contributed by atoms with van der Waals surface area (Å²) in [4.78, 5) is 10.1. The van der Waals surface area contributed by atoms with E-state index in [2.05, 4.69) is 5.10 Å². The number of aromatic nitrogens is 2. The van der Waals surface area contributed by atoms with Gasteiger partial charge in [0.25, 0.3) is 5.69 Å². The second-order valence-electron chi connectivity index (χ2n) is 4.18. The van der Waals surface area contributed by atoms with Crippen molar-refractivity contribution in [3.63, 3.8) is 0 Å². The summed E-state index contributed by atoms with van der Waals surface area (Å²) < 4.78 is 1.76. The van der Waals surface area contributed by atoms with Crippen LogP contribution in [0.2, 0.25) is 0 Å². The Bertz CT molecular complexity index is 545. The zero-order valence-electron chi connectivity index (χ0n) is 9.98. The first-order chi connectivity index (χ1) is 8.56. The predicted molar refractivity (Wildman–Crippen MR) is 67.0 cm³/mol. The van der Waals surface area contributed by atoms with E-state index in [1.807, 2.05) is 13.1 Å². The van der Waals surface area contributed by atoms with E-state index < -0.39 is 4.92 Å². The predicted octanol–water partition coefficient (Wildman–Crippen LogP) is 1.86. The lowest BCUT2D eigenvalue weighted by molar-refractivity contribution is -0.384. The van der Waals surface area contributed by atoms with Crippen LogP contribution in [-0.2, 0) is 6.54 Å². The van der Waals surface area contributed by atoms with Crippen molar-refractivity contribution in [2.24, 2.45) is 5.73 Å². The number of nitrogens with two attached hydrogens (primary N) is 1. The number of non-ortho nitro benzene ring substituents is 1. The first-order valence-electron chi connectivity index (χ1n) is 5.57. The van der Waals surface area contributed by atoms with Crippen molar-refractivity contribution in [1.82, 2.24) is 9.78 Å². The average molecular weight is 246 g/mol. The first kappa shape index (κ1) is 12.3. The minimum atomic E-state index is -0.411. The summed E-state index contributed by atoms with van der Waals surface area (Å²) >= 11 is 0. The van der Waals surface area contributed by atoms with Gasteiger partial charge in [0.05, 0.1) is 17.7 Å². The molecule has 0 saturated heterocycles. The van der Waals surface area contributed by atoms with Crippen LogP contribution >= 0.6 is 0 Å². The maximum Gasteiger partial charge on any atom is 0.269 e. The molecule has 1 aromatic heterocycles. The van der Waals surface area contributed by atoms with Crippen LogP contribution in [0.15, 0.2) is 36.7 Å². The molecule has 94 valence electrons. The monoisotopic (exact) mass is 246 g/mol. The van der Waals surface area contributed by atoms with Crippen molar-refractivity contribution in [3.05, 3.63) is 57.9 Å². The zero-order chi connectivity index (χ0) is 13.1. The molecule has 18 heavy (non-hydrogen) atoms. The quantitative estimate of drug-likeness (QED) is 0.658. The molecule has 0 radical (unpaired) electrons. The topological polar surface area (TPSA) is 87.0 Å². The minimum absolute atomic E-state index is 0.0457. The molecule has 2 rings (SSSR count). The summed E-state index contributed by atoms with van der Waals surface area (Å²) in [5, 5.41) is 14.7. The van der Waals surface area contributed by atoms with Crippen molar-refractivity contribution >= 4 is 5.69 Å². The summed E-state index contributed by atoms with van der Waals surface area (Å²) in [6.45, 7) is 2.47. The Kier molecular flexibility index (Phi) is 3.38. The van der Waals surface area contributed by atoms with Crippen LogP contribution < -0.4 is 5.73 Å². The van der Waals surface area contributed by atoms with Gasteiger partial charge in [0.2, 0.25) is 0 Å². The Hall–Kier alpha value is -2.21. The molecule has 1 heterocycles. The second-order valence-corrected chi connectivity index (χ2v) is 4.18. The third-order valence-electron chi connectivity index (χ3n) is 2.67. The molecular formula is C12H14N4O2. The van der Waals surface area contributed by atoms with Gasteiger partial charge in [-0.05, 0) is 12.5 Å². The van der Waals surface area contributed by atoms with E-state index >= 15 is 0 Å². The summed E-state index contributed by atoms with van der Waals surface area (Å²) in [7, 11) is 0. The SMILES string of the molecule is CC(N)c1cnn(Cc2ccc([N+](=O)[O-])cc2)c1. The highest BCUT2D eigenvalue weighted by Gasteiger charge is 2.06. The lowest BCUT2D eigenvalue weighted by Crippen LogP contribution is -2.04. The Labute approximate surface area is 104 Å². The minimum Gasteiger partial charge on any atom is -0.324 e. The molecule has 2 N–H and O–H groups in total. The molecule has 0 fully saturated rings. The van der Waals surface area contributed by atoms with Crippen molar-refractivity contribution in [2.75, 3.05) is 0 Å². The number of hydrogen-bond donors (Lipinski definition) is 1. The third kappa shape index (κ3) is 2.72. The number of benzene rings is 1. The van der Waals surface area contributed by atoms with E-state index in [9.17, 15) is 10.1 Å². The van der Waals surface area contributed by atoms with Gasteiger partial charge in [0.15, 0.2) is 0 Å². The third-order valence-corrected chi connectivity index (χ3v) is 2.67. The fraction of sp³-hybridized carbons (Fsp3) is 0.250. The largest absolute Gasteiger partial charge is 0.324 e. The highest BCUT2D eigenvalue weighted by atomic mass is 16.6. The fourth-order valence-corrected chi connectivity index (χ4v) is 1.61. The maximum atomic E-state index is 10.5.